The fourth-order valence-electron chi connectivity index (χ4n) is 4.47. The normalized spacial score (nSPS) is 22.5. The number of halogens is 3. The van der Waals surface area contributed by atoms with Gasteiger partial charge in [0.15, 0.2) is 0 Å². The Kier molecular flexibility index (Phi) is 4.77. The number of nitrogens with one attached hydrogen (secondary N) is 2. The Morgan fingerprint density at radius 1 is 1.10 bits per heavy atom. The summed E-state index contributed by atoms with van der Waals surface area (Å²) in [7, 11) is 0. The van der Waals surface area contributed by atoms with Crippen LogP contribution in [0.4, 0.5) is 19.0 Å². The van der Waals surface area contributed by atoms with E-state index in [9.17, 15) is 13.2 Å². The van der Waals surface area contributed by atoms with E-state index >= 15 is 0 Å². The van der Waals surface area contributed by atoms with Crippen molar-refractivity contribution in [2.75, 3.05) is 25.1 Å². The van der Waals surface area contributed by atoms with Gasteiger partial charge in [-0.1, -0.05) is 18.2 Å². The number of H-pyrrole nitrogens is 1. The number of rotatable bonds is 3. The van der Waals surface area contributed by atoms with Gasteiger partial charge in [-0.2, -0.15) is 13.2 Å². The number of aromatic amines is 1. The standard InChI is InChI=1S/C21H21F3N4O2/c22-21(23,24)17-9-14-19(27-17)25-11-26-20(14)28-18-13-3-1-2-4-16(13)30-10-15(18)12-5-7-29-8-6-12/h1-4,9,11-12,15,18H,5-8,10H2,(H2,25,26,27,28). The van der Waals surface area contributed by atoms with Crippen LogP contribution in [0.25, 0.3) is 11.0 Å². The Morgan fingerprint density at radius 2 is 1.90 bits per heavy atom. The molecule has 2 unspecified atom stereocenters. The van der Waals surface area contributed by atoms with Gasteiger partial charge in [0.2, 0.25) is 0 Å². The first-order chi connectivity index (χ1) is 14.5. The molecule has 0 bridgehead atoms. The number of anilines is 1. The van der Waals surface area contributed by atoms with Crippen molar-refractivity contribution in [3.05, 3.63) is 47.9 Å². The molecule has 0 radical (unpaired) electrons. The second-order valence-corrected chi connectivity index (χ2v) is 7.75. The summed E-state index contributed by atoms with van der Waals surface area (Å²) in [6, 6.07) is 8.69. The zero-order valence-electron chi connectivity index (χ0n) is 16.1. The van der Waals surface area contributed by atoms with Gasteiger partial charge < -0.3 is 19.8 Å². The van der Waals surface area contributed by atoms with Crippen molar-refractivity contribution >= 4 is 16.9 Å². The molecule has 2 atom stereocenters. The minimum Gasteiger partial charge on any atom is -0.493 e. The number of ether oxygens (including phenoxy) is 2. The first kappa shape index (κ1) is 19.2. The molecule has 0 amide bonds. The summed E-state index contributed by atoms with van der Waals surface area (Å²) in [6.07, 6.45) is -1.35. The molecular weight excluding hydrogens is 397 g/mol. The monoisotopic (exact) mass is 418 g/mol. The van der Waals surface area contributed by atoms with E-state index in [4.69, 9.17) is 9.47 Å². The average Bonchev–Trinajstić information content (AvgIpc) is 3.21. The van der Waals surface area contributed by atoms with Crippen LogP contribution in [0.2, 0.25) is 0 Å². The van der Waals surface area contributed by atoms with E-state index in [1.165, 1.54) is 6.33 Å². The van der Waals surface area contributed by atoms with Gasteiger partial charge in [0.1, 0.15) is 29.2 Å². The van der Waals surface area contributed by atoms with Crippen LogP contribution < -0.4 is 10.1 Å². The van der Waals surface area contributed by atoms with Gasteiger partial charge in [0.25, 0.3) is 0 Å². The van der Waals surface area contributed by atoms with Gasteiger partial charge in [-0.3, -0.25) is 0 Å². The van der Waals surface area contributed by atoms with Crippen LogP contribution >= 0.6 is 0 Å². The molecule has 0 aliphatic carbocycles. The highest BCUT2D eigenvalue weighted by Crippen LogP contribution is 2.43. The third kappa shape index (κ3) is 3.47. The molecule has 0 saturated carbocycles. The predicted molar refractivity (Wildman–Crippen MR) is 104 cm³/mol. The zero-order valence-corrected chi connectivity index (χ0v) is 16.1. The number of alkyl halides is 3. The Balaban J connectivity index is 1.54. The second-order valence-electron chi connectivity index (χ2n) is 7.75. The van der Waals surface area contributed by atoms with Crippen LogP contribution in [0.3, 0.4) is 0 Å². The number of hydrogen-bond acceptors (Lipinski definition) is 5. The summed E-state index contributed by atoms with van der Waals surface area (Å²) in [5.41, 5.74) is 0.302. The highest BCUT2D eigenvalue weighted by atomic mass is 19.4. The lowest BCUT2D eigenvalue weighted by atomic mass is 9.77. The first-order valence-corrected chi connectivity index (χ1v) is 9.97. The van der Waals surface area contributed by atoms with Gasteiger partial charge >= 0.3 is 6.18 Å². The number of nitrogens with zero attached hydrogens (tertiary/aromatic N) is 2. The topological polar surface area (TPSA) is 72.1 Å². The zero-order chi connectivity index (χ0) is 20.7. The first-order valence-electron chi connectivity index (χ1n) is 9.97. The molecule has 0 spiro atoms. The minimum atomic E-state index is -4.48. The molecule has 158 valence electrons. The van der Waals surface area contributed by atoms with Gasteiger partial charge in [-0.25, -0.2) is 9.97 Å². The van der Waals surface area contributed by atoms with Crippen molar-refractivity contribution in [1.82, 2.24) is 15.0 Å². The fraction of sp³-hybridized carbons (Fsp3) is 0.429. The summed E-state index contributed by atoms with van der Waals surface area (Å²) in [4.78, 5) is 10.6. The summed E-state index contributed by atoms with van der Waals surface area (Å²) < 4.78 is 51.1. The quantitative estimate of drug-likeness (QED) is 0.652. The van der Waals surface area contributed by atoms with E-state index in [0.717, 1.165) is 30.2 Å². The second kappa shape index (κ2) is 7.46. The van der Waals surface area contributed by atoms with Crippen molar-refractivity contribution in [2.24, 2.45) is 11.8 Å². The van der Waals surface area contributed by atoms with Crippen molar-refractivity contribution in [1.29, 1.82) is 0 Å². The van der Waals surface area contributed by atoms with Crippen molar-refractivity contribution < 1.29 is 22.6 Å². The minimum absolute atomic E-state index is 0.139. The molecule has 4 heterocycles. The Labute approximate surface area is 170 Å². The van der Waals surface area contributed by atoms with Crippen LogP contribution in [0.1, 0.15) is 30.1 Å². The van der Waals surface area contributed by atoms with E-state index < -0.39 is 11.9 Å². The van der Waals surface area contributed by atoms with E-state index in [-0.39, 0.29) is 17.6 Å². The molecule has 2 aromatic heterocycles. The molecule has 2 aliphatic rings. The lowest BCUT2D eigenvalue weighted by Crippen LogP contribution is -2.38. The largest absolute Gasteiger partial charge is 0.493 e. The van der Waals surface area contributed by atoms with E-state index in [1.807, 2.05) is 24.3 Å². The fourth-order valence-corrected chi connectivity index (χ4v) is 4.47. The van der Waals surface area contributed by atoms with Crippen LogP contribution in [0, 0.1) is 11.8 Å². The lowest BCUT2D eigenvalue weighted by Gasteiger charge is -2.40. The van der Waals surface area contributed by atoms with Crippen LogP contribution in [0.5, 0.6) is 5.75 Å². The number of benzene rings is 1. The van der Waals surface area contributed by atoms with Crippen molar-refractivity contribution in [3.8, 4) is 5.75 Å². The number of fused-ring (bicyclic) bond motifs is 2. The van der Waals surface area contributed by atoms with E-state index in [2.05, 4.69) is 20.3 Å². The maximum atomic E-state index is 13.2. The number of para-hydroxylation sites is 1. The van der Waals surface area contributed by atoms with E-state index in [0.29, 0.717) is 36.9 Å². The summed E-state index contributed by atoms with van der Waals surface area (Å²) in [5.74, 6) is 1.70. The molecule has 5 rings (SSSR count). The Morgan fingerprint density at radius 3 is 2.70 bits per heavy atom. The van der Waals surface area contributed by atoms with Crippen LogP contribution in [-0.4, -0.2) is 34.8 Å². The molecule has 9 heteroatoms. The van der Waals surface area contributed by atoms with Crippen molar-refractivity contribution in [3.63, 3.8) is 0 Å². The molecule has 1 fully saturated rings. The van der Waals surface area contributed by atoms with Gasteiger partial charge in [-0.15, -0.1) is 0 Å². The summed E-state index contributed by atoms with van der Waals surface area (Å²) in [5, 5.41) is 3.75. The summed E-state index contributed by atoms with van der Waals surface area (Å²) in [6.45, 7) is 1.95. The third-order valence-corrected chi connectivity index (χ3v) is 6.01. The SMILES string of the molecule is FC(F)(F)c1cc2c(NC3c4ccccc4OCC3C3CCOCC3)ncnc2[nH]1. The number of aromatic nitrogens is 3. The average molecular weight is 418 g/mol. The Hall–Kier alpha value is -2.81. The third-order valence-electron chi connectivity index (χ3n) is 6.01. The predicted octanol–water partition coefficient (Wildman–Crippen LogP) is 4.57. The van der Waals surface area contributed by atoms with Gasteiger partial charge in [0.05, 0.1) is 18.0 Å². The van der Waals surface area contributed by atoms with Gasteiger partial charge in [0, 0.05) is 24.7 Å². The highest BCUT2D eigenvalue weighted by molar-refractivity contribution is 5.88. The lowest BCUT2D eigenvalue weighted by molar-refractivity contribution is -0.140. The molecule has 2 N–H and O–H groups in total. The smallest absolute Gasteiger partial charge is 0.431 e. The maximum Gasteiger partial charge on any atom is 0.431 e. The molecule has 2 aliphatic heterocycles. The molecule has 3 aromatic rings. The van der Waals surface area contributed by atoms with Crippen LogP contribution in [0.15, 0.2) is 36.7 Å². The maximum absolute atomic E-state index is 13.2. The molecule has 1 saturated heterocycles. The molecular formula is C21H21F3N4O2. The van der Waals surface area contributed by atoms with Gasteiger partial charge in [-0.05, 0) is 30.9 Å². The molecule has 1 aromatic carbocycles. The van der Waals surface area contributed by atoms with E-state index in [1.54, 1.807) is 0 Å². The Bertz CT molecular complexity index is 1050. The number of hydrogen-bond donors (Lipinski definition) is 2. The van der Waals surface area contributed by atoms with Crippen LogP contribution in [-0.2, 0) is 10.9 Å². The molecule has 30 heavy (non-hydrogen) atoms. The molecule has 6 nitrogen and oxygen atoms in total. The highest BCUT2D eigenvalue weighted by Gasteiger charge is 2.38. The summed E-state index contributed by atoms with van der Waals surface area (Å²) >= 11 is 0. The van der Waals surface area contributed by atoms with Crippen molar-refractivity contribution in [2.45, 2.75) is 25.1 Å².